The van der Waals surface area contributed by atoms with Crippen molar-refractivity contribution in [1.82, 2.24) is 0 Å². The fourth-order valence-corrected chi connectivity index (χ4v) is 1.83. The maximum atomic E-state index is 5.86. The molecule has 1 aromatic carbocycles. The maximum absolute atomic E-state index is 5.86. The summed E-state index contributed by atoms with van der Waals surface area (Å²) in [6.07, 6.45) is 1.69. The molecule has 1 rings (SSSR count). The van der Waals surface area contributed by atoms with E-state index in [4.69, 9.17) is 14.2 Å². The SMILES string of the molecule is C=CC(OCC(C)C)c1ccc(OCC(C)C)c(OC)c1. The smallest absolute Gasteiger partial charge is 0.161 e. The molecule has 21 heavy (non-hydrogen) atoms. The lowest BCUT2D eigenvalue weighted by Crippen LogP contribution is -2.08. The second-order valence-corrected chi connectivity index (χ2v) is 6.00. The zero-order valence-corrected chi connectivity index (χ0v) is 13.9. The fraction of sp³-hybridized carbons (Fsp3) is 0.556. The summed E-state index contributed by atoms with van der Waals surface area (Å²) in [6.45, 7) is 13.7. The van der Waals surface area contributed by atoms with E-state index < -0.39 is 0 Å². The summed E-state index contributed by atoms with van der Waals surface area (Å²) in [4.78, 5) is 0. The number of benzene rings is 1. The van der Waals surface area contributed by atoms with Gasteiger partial charge in [0.25, 0.3) is 0 Å². The summed E-state index contributed by atoms with van der Waals surface area (Å²) in [5.74, 6) is 2.46. The van der Waals surface area contributed by atoms with E-state index >= 15 is 0 Å². The van der Waals surface area contributed by atoms with Crippen LogP contribution in [0.5, 0.6) is 11.5 Å². The Hall–Kier alpha value is -1.48. The quantitative estimate of drug-likeness (QED) is 0.621. The lowest BCUT2D eigenvalue weighted by molar-refractivity contribution is 0.0649. The predicted molar refractivity (Wildman–Crippen MR) is 87.1 cm³/mol. The molecular formula is C18H28O3. The predicted octanol–water partition coefficient (Wildman–Crippen LogP) is 4.63. The molecule has 0 aromatic heterocycles. The van der Waals surface area contributed by atoms with Crippen molar-refractivity contribution in [2.24, 2.45) is 11.8 Å². The Morgan fingerprint density at radius 2 is 1.71 bits per heavy atom. The normalized spacial score (nSPS) is 12.5. The van der Waals surface area contributed by atoms with Crippen molar-refractivity contribution in [2.75, 3.05) is 20.3 Å². The van der Waals surface area contributed by atoms with E-state index in [1.807, 2.05) is 24.3 Å². The first kappa shape index (κ1) is 17.6. The van der Waals surface area contributed by atoms with E-state index in [0.717, 1.165) is 17.1 Å². The molecule has 118 valence electrons. The highest BCUT2D eigenvalue weighted by Crippen LogP contribution is 2.32. The third-order valence-electron chi connectivity index (χ3n) is 2.91. The van der Waals surface area contributed by atoms with Crippen LogP contribution in [0.15, 0.2) is 30.9 Å². The van der Waals surface area contributed by atoms with Crippen LogP contribution in [0.4, 0.5) is 0 Å². The van der Waals surface area contributed by atoms with E-state index in [2.05, 4.69) is 34.3 Å². The molecule has 0 aliphatic rings. The molecule has 0 fully saturated rings. The molecule has 0 saturated carbocycles. The molecule has 0 bridgehead atoms. The van der Waals surface area contributed by atoms with Crippen molar-refractivity contribution in [3.05, 3.63) is 36.4 Å². The Bertz CT molecular complexity index is 438. The minimum atomic E-state index is -0.125. The van der Waals surface area contributed by atoms with Gasteiger partial charge in [-0.1, -0.05) is 39.8 Å². The standard InChI is InChI=1S/C18H28O3/c1-7-16(20-11-13(2)3)15-8-9-17(18(10-15)19-6)21-12-14(4)5/h7-10,13-14,16H,1,11-12H2,2-6H3. The van der Waals surface area contributed by atoms with Gasteiger partial charge >= 0.3 is 0 Å². The summed E-state index contributed by atoms with van der Waals surface area (Å²) in [5, 5.41) is 0. The Morgan fingerprint density at radius 3 is 2.24 bits per heavy atom. The zero-order chi connectivity index (χ0) is 15.8. The molecule has 0 aliphatic heterocycles. The molecule has 0 N–H and O–H groups in total. The number of hydrogen-bond donors (Lipinski definition) is 0. The first-order valence-corrected chi connectivity index (χ1v) is 7.52. The number of rotatable bonds is 9. The van der Waals surface area contributed by atoms with Crippen LogP contribution in [-0.4, -0.2) is 20.3 Å². The van der Waals surface area contributed by atoms with Crippen LogP contribution >= 0.6 is 0 Å². The van der Waals surface area contributed by atoms with Gasteiger partial charge in [-0.05, 0) is 29.5 Å². The van der Waals surface area contributed by atoms with Crippen molar-refractivity contribution in [1.29, 1.82) is 0 Å². The zero-order valence-electron chi connectivity index (χ0n) is 13.9. The van der Waals surface area contributed by atoms with E-state index in [9.17, 15) is 0 Å². The highest BCUT2D eigenvalue weighted by atomic mass is 16.5. The van der Waals surface area contributed by atoms with E-state index in [1.165, 1.54) is 0 Å². The van der Waals surface area contributed by atoms with Crippen molar-refractivity contribution < 1.29 is 14.2 Å². The van der Waals surface area contributed by atoms with Gasteiger partial charge in [-0.3, -0.25) is 0 Å². The Balaban J connectivity index is 2.86. The Morgan fingerprint density at radius 1 is 1.05 bits per heavy atom. The van der Waals surface area contributed by atoms with Gasteiger partial charge in [0.15, 0.2) is 11.5 Å². The third-order valence-corrected chi connectivity index (χ3v) is 2.91. The summed E-state index contributed by atoms with van der Waals surface area (Å²) in [7, 11) is 1.65. The molecule has 0 radical (unpaired) electrons. The van der Waals surface area contributed by atoms with Crippen LogP contribution < -0.4 is 9.47 Å². The topological polar surface area (TPSA) is 27.7 Å². The Kier molecular flexibility index (Phi) is 7.30. The molecule has 3 heteroatoms. The van der Waals surface area contributed by atoms with Gasteiger partial charge in [0, 0.05) is 0 Å². The summed E-state index contributed by atoms with van der Waals surface area (Å²) >= 11 is 0. The van der Waals surface area contributed by atoms with Gasteiger partial charge in [-0.25, -0.2) is 0 Å². The number of ether oxygens (including phenoxy) is 3. The van der Waals surface area contributed by atoms with Gasteiger partial charge < -0.3 is 14.2 Å². The minimum Gasteiger partial charge on any atom is -0.493 e. The highest BCUT2D eigenvalue weighted by Gasteiger charge is 2.13. The molecular weight excluding hydrogens is 264 g/mol. The van der Waals surface area contributed by atoms with Gasteiger partial charge in [0.2, 0.25) is 0 Å². The molecule has 3 nitrogen and oxygen atoms in total. The monoisotopic (exact) mass is 292 g/mol. The first-order valence-electron chi connectivity index (χ1n) is 7.52. The largest absolute Gasteiger partial charge is 0.493 e. The van der Waals surface area contributed by atoms with Crippen LogP contribution in [0.3, 0.4) is 0 Å². The van der Waals surface area contributed by atoms with Crippen LogP contribution in [0.1, 0.15) is 39.4 Å². The second-order valence-electron chi connectivity index (χ2n) is 6.00. The number of hydrogen-bond acceptors (Lipinski definition) is 3. The van der Waals surface area contributed by atoms with Crippen molar-refractivity contribution >= 4 is 0 Å². The molecule has 0 spiro atoms. The molecule has 1 aromatic rings. The van der Waals surface area contributed by atoms with Crippen molar-refractivity contribution in [2.45, 2.75) is 33.8 Å². The van der Waals surface area contributed by atoms with E-state index in [-0.39, 0.29) is 6.10 Å². The number of methoxy groups -OCH3 is 1. The van der Waals surface area contributed by atoms with E-state index in [0.29, 0.717) is 25.0 Å². The Labute approximate surface area is 128 Å². The molecule has 1 unspecified atom stereocenters. The molecule has 0 aliphatic carbocycles. The van der Waals surface area contributed by atoms with Gasteiger partial charge in [0.1, 0.15) is 6.10 Å². The van der Waals surface area contributed by atoms with E-state index in [1.54, 1.807) is 7.11 Å². The lowest BCUT2D eigenvalue weighted by Gasteiger charge is -2.18. The maximum Gasteiger partial charge on any atom is 0.161 e. The third kappa shape index (κ3) is 5.80. The molecule has 0 saturated heterocycles. The summed E-state index contributed by atoms with van der Waals surface area (Å²) in [6, 6.07) is 5.90. The minimum absolute atomic E-state index is 0.125. The highest BCUT2D eigenvalue weighted by molar-refractivity contribution is 5.44. The molecule has 1 atom stereocenters. The van der Waals surface area contributed by atoms with Gasteiger partial charge in [-0.15, -0.1) is 6.58 Å². The first-order chi connectivity index (χ1) is 9.97. The summed E-state index contributed by atoms with van der Waals surface area (Å²) in [5.41, 5.74) is 1.03. The lowest BCUT2D eigenvalue weighted by atomic mass is 10.1. The molecule has 0 heterocycles. The van der Waals surface area contributed by atoms with Crippen molar-refractivity contribution in [3.8, 4) is 11.5 Å². The molecule has 0 amide bonds. The van der Waals surface area contributed by atoms with Gasteiger partial charge in [-0.2, -0.15) is 0 Å². The van der Waals surface area contributed by atoms with Crippen LogP contribution in [0.25, 0.3) is 0 Å². The average molecular weight is 292 g/mol. The average Bonchev–Trinajstić information content (AvgIpc) is 2.45. The van der Waals surface area contributed by atoms with Crippen LogP contribution in [-0.2, 0) is 4.74 Å². The van der Waals surface area contributed by atoms with Crippen molar-refractivity contribution in [3.63, 3.8) is 0 Å². The van der Waals surface area contributed by atoms with Crippen LogP contribution in [0, 0.1) is 11.8 Å². The van der Waals surface area contributed by atoms with Gasteiger partial charge in [0.05, 0.1) is 20.3 Å². The van der Waals surface area contributed by atoms with Crippen LogP contribution in [0.2, 0.25) is 0 Å². The fourth-order valence-electron chi connectivity index (χ4n) is 1.83. The second kappa shape index (κ2) is 8.73. The summed E-state index contributed by atoms with van der Waals surface area (Å²) < 4.78 is 17.0.